The molecule has 0 aliphatic heterocycles. The van der Waals surface area contributed by atoms with Gasteiger partial charge < -0.3 is 57.9 Å². The lowest BCUT2D eigenvalue weighted by Crippen LogP contribution is -2.43. The van der Waals surface area contributed by atoms with Crippen LogP contribution in [0.2, 0.25) is 0 Å². The van der Waals surface area contributed by atoms with E-state index in [1.54, 1.807) is 13.8 Å². The third kappa shape index (κ3) is 65.7. The molecule has 0 rings (SSSR count). The lowest BCUT2D eigenvalue weighted by Gasteiger charge is -2.26. The molecule has 0 saturated heterocycles. The van der Waals surface area contributed by atoms with Crippen molar-refractivity contribution in [2.75, 3.05) is 61.5 Å². The Morgan fingerprint density at radius 2 is 0.964 bits per heavy atom. The largest absolute Gasteiger partial charge is 0.395 e. The SMILES string of the molecule is CC(C)CC(N)C(C)(C)O.CC(C)CC(N)CO.CC(C)CC(O)CN.CC(C)CC(O)CN(C)C.CCC(CC(C)C)N(C)C.CNCC(O)CC(C)C. The van der Waals surface area contributed by atoms with Crippen molar-refractivity contribution in [3.63, 3.8) is 0 Å². The molecule has 55 heavy (non-hydrogen) atoms. The van der Waals surface area contributed by atoms with E-state index in [-0.39, 0.29) is 37.0 Å². The average molecular weight is 799 g/mol. The molecule has 0 bridgehead atoms. The van der Waals surface area contributed by atoms with Crippen LogP contribution in [-0.4, -0.2) is 139 Å². The van der Waals surface area contributed by atoms with Gasteiger partial charge >= 0.3 is 0 Å². The Bertz CT molecular complexity index is 700. The molecule has 0 radical (unpaired) electrons. The van der Waals surface area contributed by atoms with Crippen molar-refractivity contribution in [1.29, 1.82) is 0 Å². The van der Waals surface area contributed by atoms with E-state index in [1.165, 1.54) is 12.8 Å². The normalized spacial score (nSPS) is 14.8. The fourth-order valence-corrected chi connectivity index (χ4v) is 5.31. The zero-order chi connectivity index (χ0) is 45.1. The fourth-order valence-electron chi connectivity index (χ4n) is 5.31. The van der Waals surface area contributed by atoms with Crippen molar-refractivity contribution in [3.8, 4) is 0 Å². The Morgan fingerprint density at radius 3 is 1.15 bits per heavy atom. The van der Waals surface area contributed by atoms with Gasteiger partial charge in [-0.05, 0) is 130 Å². The highest BCUT2D eigenvalue weighted by molar-refractivity contribution is 4.80. The maximum Gasteiger partial charge on any atom is 0.0742 e. The standard InChI is InChI=1S/C9H21N.2C8H19NO.C7H17NO.2C6H15NO/c1-6-9(10(4)5)7-8(2)3;1-7(2)5-8(10)6-9(3)4;1-6(2)5-7(9)8(3,4)10;1-6(2)4-7(9)5-8-3;1-5(2)3-6(7)4-8;1-5(2)3-6(8)4-7/h8-9H,6-7H2,1-5H3;7-8,10H,5-6H2,1-4H3;6-7,10H,5,9H2,1-4H3;6-9H,4-5H2,1-3H3;2*5-6,8H,3-4,7H2,1-2H3. The van der Waals surface area contributed by atoms with Crippen molar-refractivity contribution < 1.29 is 25.5 Å². The topological polar surface area (TPSA) is 198 Å². The van der Waals surface area contributed by atoms with Gasteiger partial charge in [0.15, 0.2) is 0 Å². The van der Waals surface area contributed by atoms with Gasteiger partial charge in [-0.1, -0.05) is 90.0 Å². The number of hydrogen-bond acceptors (Lipinski definition) is 11. The zero-order valence-corrected chi connectivity index (χ0v) is 40.6. The summed E-state index contributed by atoms with van der Waals surface area (Å²) < 4.78 is 0. The second-order valence-electron chi connectivity index (χ2n) is 19.0. The highest BCUT2D eigenvalue weighted by Gasteiger charge is 2.23. The summed E-state index contributed by atoms with van der Waals surface area (Å²) in [7, 11) is 10.1. The molecule has 12 N–H and O–H groups in total. The first-order valence-electron chi connectivity index (χ1n) is 21.5. The molecule has 0 amide bonds. The molecular weight excluding hydrogens is 693 g/mol. The highest BCUT2D eigenvalue weighted by atomic mass is 16.3. The van der Waals surface area contributed by atoms with Gasteiger partial charge in [-0.15, -0.1) is 0 Å². The lowest BCUT2D eigenvalue weighted by molar-refractivity contribution is 0.0448. The summed E-state index contributed by atoms with van der Waals surface area (Å²) in [6, 6.07) is 0.655. The van der Waals surface area contributed by atoms with Gasteiger partial charge in [0.25, 0.3) is 0 Å². The summed E-state index contributed by atoms with van der Waals surface area (Å²) in [6.45, 7) is 33.3. The monoisotopic (exact) mass is 799 g/mol. The van der Waals surface area contributed by atoms with Crippen LogP contribution in [0.15, 0.2) is 0 Å². The Balaban J connectivity index is -0.000000131. The minimum absolute atomic E-state index is 0.0185. The molecule has 0 aromatic carbocycles. The first kappa shape index (κ1) is 66.4. The number of nitrogens with two attached hydrogens (primary N) is 3. The molecule has 11 nitrogen and oxygen atoms in total. The lowest BCUT2D eigenvalue weighted by atomic mass is 9.92. The number of nitrogens with zero attached hydrogens (tertiary/aromatic N) is 2. The van der Waals surface area contributed by atoms with Crippen LogP contribution in [-0.2, 0) is 0 Å². The molecule has 0 fully saturated rings. The highest BCUT2D eigenvalue weighted by Crippen LogP contribution is 2.14. The third-order valence-corrected chi connectivity index (χ3v) is 8.10. The maximum absolute atomic E-state index is 9.41. The van der Waals surface area contributed by atoms with E-state index >= 15 is 0 Å². The van der Waals surface area contributed by atoms with Crippen LogP contribution in [0.1, 0.15) is 149 Å². The van der Waals surface area contributed by atoms with Crippen LogP contribution in [0.3, 0.4) is 0 Å². The number of aliphatic hydroxyl groups excluding tert-OH is 4. The molecule has 0 aromatic rings. The maximum atomic E-state index is 9.41. The van der Waals surface area contributed by atoms with Crippen LogP contribution < -0.4 is 22.5 Å². The molecule has 0 saturated carbocycles. The number of aliphatic hydroxyl groups is 5. The van der Waals surface area contributed by atoms with E-state index < -0.39 is 5.60 Å². The van der Waals surface area contributed by atoms with Crippen molar-refractivity contribution in [2.24, 2.45) is 52.7 Å². The predicted octanol–water partition coefficient (Wildman–Crippen LogP) is 5.78. The number of rotatable bonds is 21. The summed E-state index contributed by atoms with van der Waals surface area (Å²) in [5, 5.41) is 48.2. The van der Waals surface area contributed by atoms with Crippen LogP contribution in [0.25, 0.3) is 0 Å². The Hall–Kier alpha value is -0.440. The van der Waals surface area contributed by atoms with Crippen LogP contribution in [0, 0.1) is 35.5 Å². The number of hydrogen-bond donors (Lipinski definition) is 9. The minimum Gasteiger partial charge on any atom is -0.395 e. The molecule has 0 aromatic heterocycles. The van der Waals surface area contributed by atoms with Crippen LogP contribution in [0.5, 0.6) is 0 Å². The quantitative estimate of drug-likeness (QED) is 0.0683. The van der Waals surface area contributed by atoms with Gasteiger partial charge in [-0.2, -0.15) is 0 Å². The molecule has 6 atom stereocenters. The molecule has 342 valence electrons. The first-order chi connectivity index (χ1) is 24.9. The molecule has 11 heteroatoms. The van der Waals surface area contributed by atoms with E-state index in [1.807, 2.05) is 26.0 Å². The molecule has 0 aliphatic rings. The van der Waals surface area contributed by atoms with Crippen LogP contribution in [0.4, 0.5) is 0 Å². The third-order valence-electron chi connectivity index (χ3n) is 8.10. The number of nitrogens with one attached hydrogen (secondary N) is 1. The molecule has 0 spiro atoms. The van der Waals surface area contributed by atoms with Crippen molar-refractivity contribution >= 4 is 0 Å². The summed E-state index contributed by atoms with van der Waals surface area (Å²) in [4.78, 5) is 4.33. The van der Waals surface area contributed by atoms with Gasteiger partial charge in [0.2, 0.25) is 0 Å². The first-order valence-corrected chi connectivity index (χ1v) is 21.5. The predicted molar refractivity (Wildman–Crippen MR) is 243 cm³/mol. The molecule has 0 aliphatic carbocycles. The second kappa shape index (κ2) is 41.7. The Morgan fingerprint density at radius 1 is 0.600 bits per heavy atom. The summed E-state index contributed by atoms with van der Waals surface area (Å²) in [5.74, 6) is 3.71. The van der Waals surface area contributed by atoms with Gasteiger partial charge in [-0.3, -0.25) is 0 Å². The summed E-state index contributed by atoms with van der Waals surface area (Å²) >= 11 is 0. The van der Waals surface area contributed by atoms with Gasteiger partial charge in [0.05, 0.1) is 30.5 Å². The van der Waals surface area contributed by atoms with E-state index in [4.69, 9.17) is 32.5 Å². The van der Waals surface area contributed by atoms with E-state index in [2.05, 4.69) is 114 Å². The summed E-state index contributed by atoms with van der Waals surface area (Å²) in [6.07, 6.45) is 6.37. The molecule has 0 heterocycles. The number of likely N-dealkylation sites (N-methyl/N-ethyl adjacent to an activating group) is 2. The van der Waals surface area contributed by atoms with E-state index in [0.29, 0.717) is 42.7 Å². The Labute approximate surface area is 345 Å². The van der Waals surface area contributed by atoms with E-state index in [0.717, 1.165) is 50.6 Å². The smallest absolute Gasteiger partial charge is 0.0742 e. The second-order valence-corrected chi connectivity index (χ2v) is 19.0. The van der Waals surface area contributed by atoms with Gasteiger partial charge in [-0.25, -0.2) is 0 Å². The Kier molecular flexibility index (Phi) is 50.3. The van der Waals surface area contributed by atoms with Crippen molar-refractivity contribution in [3.05, 3.63) is 0 Å². The van der Waals surface area contributed by atoms with Gasteiger partial charge in [0, 0.05) is 37.8 Å². The van der Waals surface area contributed by atoms with Crippen molar-refractivity contribution in [1.82, 2.24) is 15.1 Å². The van der Waals surface area contributed by atoms with Crippen molar-refractivity contribution in [2.45, 2.75) is 191 Å². The molecule has 6 unspecified atom stereocenters. The van der Waals surface area contributed by atoms with Crippen LogP contribution >= 0.6 is 0 Å². The molecular formula is C44H106N6O5. The van der Waals surface area contributed by atoms with E-state index in [9.17, 15) is 10.2 Å². The fraction of sp³-hybridized carbons (Fsp3) is 1.00. The average Bonchev–Trinajstić information content (AvgIpc) is 2.98. The zero-order valence-electron chi connectivity index (χ0n) is 40.6. The minimum atomic E-state index is -0.732. The summed E-state index contributed by atoms with van der Waals surface area (Å²) in [5.41, 5.74) is 15.6. The van der Waals surface area contributed by atoms with Gasteiger partial charge in [0.1, 0.15) is 0 Å².